The van der Waals surface area contributed by atoms with Crippen molar-refractivity contribution in [1.82, 2.24) is 24.3 Å². The predicted octanol–water partition coefficient (Wildman–Crippen LogP) is 0.320. The standard InChI is InChI=1S/C16H11N7O/c1-10-11(6-17)15-21-13-4-2-3-5-14(13)23(15)16(24)12(10)7-20-22-8-18-19-9-22/h2-5,7-9,20H,1H3. The maximum Gasteiger partial charge on any atom is 0.265 e. The number of nitrogens with one attached hydrogen (secondary N) is 1. The molecule has 0 radical (unpaired) electrons. The number of rotatable bonds is 2. The SMILES string of the molecule is Cc1c(C#N)c2nc3ccccc3n2c(=O)c1=CNn1cnnc1. The monoisotopic (exact) mass is 317 g/mol. The van der Waals surface area contributed by atoms with E-state index in [0.29, 0.717) is 33.0 Å². The van der Waals surface area contributed by atoms with Crippen LogP contribution in [0.25, 0.3) is 22.9 Å². The summed E-state index contributed by atoms with van der Waals surface area (Å²) in [6.45, 7) is 1.74. The molecule has 4 rings (SSSR count). The summed E-state index contributed by atoms with van der Waals surface area (Å²) >= 11 is 0. The molecule has 0 bridgehead atoms. The van der Waals surface area contributed by atoms with Gasteiger partial charge in [-0.15, -0.1) is 10.2 Å². The Morgan fingerprint density at radius 1 is 1.25 bits per heavy atom. The van der Waals surface area contributed by atoms with Crippen LogP contribution in [0.1, 0.15) is 11.1 Å². The summed E-state index contributed by atoms with van der Waals surface area (Å²) in [7, 11) is 0. The van der Waals surface area contributed by atoms with Crippen LogP contribution in [0.5, 0.6) is 0 Å². The summed E-state index contributed by atoms with van der Waals surface area (Å²) in [5, 5.41) is 17.3. The van der Waals surface area contributed by atoms with Gasteiger partial charge in [0, 0.05) is 6.20 Å². The van der Waals surface area contributed by atoms with Gasteiger partial charge in [-0.25, -0.2) is 9.66 Å². The minimum absolute atomic E-state index is 0.240. The van der Waals surface area contributed by atoms with Gasteiger partial charge in [0.25, 0.3) is 5.56 Å². The molecule has 1 N–H and O–H groups in total. The first-order chi connectivity index (χ1) is 11.7. The Balaban J connectivity index is 2.11. The Morgan fingerprint density at radius 2 is 2.00 bits per heavy atom. The van der Waals surface area contributed by atoms with Gasteiger partial charge in [-0.3, -0.25) is 14.6 Å². The third kappa shape index (κ3) is 1.92. The van der Waals surface area contributed by atoms with E-state index in [-0.39, 0.29) is 5.56 Å². The number of imidazole rings is 1. The first kappa shape index (κ1) is 13.9. The largest absolute Gasteiger partial charge is 0.298 e. The number of hydrogen-bond acceptors (Lipinski definition) is 6. The van der Waals surface area contributed by atoms with Gasteiger partial charge in [-0.1, -0.05) is 12.1 Å². The van der Waals surface area contributed by atoms with E-state index in [9.17, 15) is 10.1 Å². The smallest absolute Gasteiger partial charge is 0.265 e. The lowest BCUT2D eigenvalue weighted by Crippen LogP contribution is -2.35. The fraction of sp³-hybridized carbons (Fsp3) is 0.0625. The molecular formula is C16H11N7O. The van der Waals surface area contributed by atoms with Crippen molar-refractivity contribution < 1.29 is 0 Å². The molecule has 1 aromatic carbocycles. The van der Waals surface area contributed by atoms with Gasteiger partial charge in [0.2, 0.25) is 0 Å². The highest BCUT2D eigenvalue weighted by Gasteiger charge is 2.15. The average Bonchev–Trinajstić information content (AvgIpc) is 3.22. The molecule has 116 valence electrons. The van der Waals surface area contributed by atoms with Crippen LogP contribution in [0.2, 0.25) is 0 Å². The fourth-order valence-electron chi connectivity index (χ4n) is 2.69. The lowest BCUT2D eigenvalue weighted by atomic mass is 10.1. The van der Waals surface area contributed by atoms with E-state index in [4.69, 9.17) is 0 Å². The van der Waals surface area contributed by atoms with Crippen LogP contribution in [0, 0.1) is 18.3 Å². The van der Waals surface area contributed by atoms with E-state index in [0.717, 1.165) is 0 Å². The van der Waals surface area contributed by atoms with E-state index in [1.54, 1.807) is 6.92 Å². The van der Waals surface area contributed by atoms with Crippen LogP contribution in [-0.4, -0.2) is 24.3 Å². The maximum atomic E-state index is 13.0. The zero-order valence-electron chi connectivity index (χ0n) is 12.6. The lowest BCUT2D eigenvalue weighted by molar-refractivity contribution is 0.964. The lowest BCUT2D eigenvalue weighted by Gasteiger charge is -2.04. The number of fused-ring (bicyclic) bond motifs is 3. The van der Waals surface area contributed by atoms with E-state index in [1.807, 2.05) is 24.3 Å². The van der Waals surface area contributed by atoms with E-state index in [2.05, 4.69) is 26.7 Å². The van der Waals surface area contributed by atoms with Crippen molar-refractivity contribution in [1.29, 1.82) is 5.26 Å². The van der Waals surface area contributed by atoms with Crippen LogP contribution in [0.15, 0.2) is 41.7 Å². The van der Waals surface area contributed by atoms with Gasteiger partial charge < -0.3 is 0 Å². The summed E-state index contributed by atoms with van der Waals surface area (Å²) < 4.78 is 2.97. The number of para-hydroxylation sites is 2. The van der Waals surface area contributed by atoms with Crippen molar-refractivity contribution in [3.63, 3.8) is 0 Å². The molecular weight excluding hydrogens is 306 g/mol. The fourth-order valence-corrected chi connectivity index (χ4v) is 2.69. The summed E-state index contributed by atoms with van der Waals surface area (Å²) in [5.41, 5.74) is 5.34. The topological polar surface area (TPSA) is 101 Å². The molecule has 8 heteroatoms. The summed E-state index contributed by atoms with van der Waals surface area (Å²) in [5.74, 6) is 0. The number of nitriles is 1. The Kier molecular flexibility index (Phi) is 2.99. The van der Waals surface area contributed by atoms with Crippen molar-refractivity contribution in [2.45, 2.75) is 6.92 Å². The van der Waals surface area contributed by atoms with E-state index in [1.165, 1.54) is 27.9 Å². The van der Waals surface area contributed by atoms with Crippen LogP contribution in [-0.2, 0) is 0 Å². The second-order valence-electron chi connectivity index (χ2n) is 5.23. The summed E-state index contributed by atoms with van der Waals surface area (Å²) in [4.78, 5) is 17.4. The van der Waals surface area contributed by atoms with Gasteiger partial charge in [-0.05, 0) is 24.6 Å². The second-order valence-corrected chi connectivity index (χ2v) is 5.23. The molecule has 0 amide bonds. The van der Waals surface area contributed by atoms with Gasteiger partial charge >= 0.3 is 0 Å². The number of benzene rings is 1. The molecule has 0 aliphatic heterocycles. The van der Waals surface area contributed by atoms with E-state index < -0.39 is 0 Å². The molecule has 0 unspecified atom stereocenters. The quantitative estimate of drug-likeness (QED) is 0.571. The zero-order chi connectivity index (χ0) is 16.7. The Labute approximate surface area is 135 Å². The molecule has 0 saturated heterocycles. The summed E-state index contributed by atoms with van der Waals surface area (Å²) in [6, 6.07) is 9.46. The highest BCUT2D eigenvalue weighted by atomic mass is 16.1. The molecule has 0 saturated carbocycles. The highest BCUT2D eigenvalue weighted by molar-refractivity contribution is 5.82. The van der Waals surface area contributed by atoms with Gasteiger partial charge in [0.1, 0.15) is 18.7 Å². The van der Waals surface area contributed by atoms with Gasteiger partial charge in [-0.2, -0.15) is 5.26 Å². The minimum Gasteiger partial charge on any atom is -0.298 e. The van der Waals surface area contributed by atoms with E-state index >= 15 is 0 Å². The molecule has 3 aromatic heterocycles. The van der Waals surface area contributed by atoms with Gasteiger partial charge in [0.05, 0.1) is 21.8 Å². The molecule has 4 aromatic rings. The molecule has 0 atom stereocenters. The second kappa shape index (κ2) is 5.17. The first-order valence-electron chi connectivity index (χ1n) is 7.16. The van der Waals surface area contributed by atoms with Crippen molar-refractivity contribution in [3.8, 4) is 6.07 Å². The number of aromatic nitrogens is 5. The van der Waals surface area contributed by atoms with Crippen molar-refractivity contribution in [3.05, 3.63) is 63.6 Å². The van der Waals surface area contributed by atoms with Crippen molar-refractivity contribution in [2.75, 3.05) is 5.43 Å². The normalized spacial score (nSPS) is 11.9. The number of nitrogens with zero attached hydrogens (tertiary/aromatic N) is 6. The van der Waals surface area contributed by atoms with Gasteiger partial charge in [0.15, 0.2) is 5.65 Å². The molecule has 0 spiro atoms. The molecule has 0 aliphatic carbocycles. The number of pyridine rings is 1. The molecule has 3 heterocycles. The molecule has 24 heavy (non-hydrogen) atoms. The zero-order valence-corrected chi connectivity index (χ0v) is 12.6. The third-order valence-corrected chi connectivity index (χ3v) is 3.89. The summed E-state index contributed by atoms with van der Waals surface area (Å²) in [6.07, 6.45) is 4.47. The minimum atomic E-state index is -0.240. The van der Waals surface area contributed by atoms with Crippen LogP contribution < -0.4 is 16.2 Å². The Hall–Kier alpha value is -3.73. The maximum absolute atomic E-state index is 13.0. The molecule has 0 fully saturated rings. The third-order valence-electron chi connectivity index (χ3n) is 3.89. The van der Waals surface area contributed by atoms with Crippen LogP contribution in [0.3, 0.4) is 0 Å². The Morgan fingerprint density at radius 3 is 2.75 bits per heavy atom. The van der Waals surface area contributed by atoms with Crippen LogP contribution >= 0.6 is 0 Å². The predicted molar refractivity (Wildman–Crippen MR) is 87.5 cm³/mol. The molecule has 0 aliphatic rings. The molecule has 8 nitrogen and oxygen atoms in total. The highest BCUT2D eigenvalue weighted by Crippen LogP contribution is 2.17. The average molecular weight is 317 g/mol. The number of hydrogen-bond donors (Lipinski definition) is 1. The first-order valence-corrected chi connectivity index (χ1v) is 7.16. The Bertz CT molecular complexity index is 1220. The van der Waals surface area contributed by atoms with Crippen LogP contribution in [0.4, 0.5) is 0 Å². The van der Waals surface area contributed by atoms with Crippen molar-refractivity contribution in [2.24, 2.45) is 0 Å². The van der Waals surface area contributed by atoms with Crippen molar-refractivity contribution >= 4 is 22.9 Å².